The number of hydrogen-bond donors (Lipinski definition) is 4. The zero-order valence-electron chi connectivity index (χ0n) is 24.8. The highest BCUT2D eigenvalue weighted by Crippen LogP contribution is 2.38. The van der Waals surface area contributed by atoms with Crippen LogP contribution in [0.25, 0.3) is 10.9 Å². The summed E-state index contributed by atoms with van der Waals surface area (Å²) >= 11 is 0. The molecule has 0 saturated heterocycles. The summed E-state index contributed by atoms with van der Waals surface area (Å²) in [7, 11) is -3.83. The maximum atomic E-state index is 13.2. The van der Waals surface area contributed by atoms with Gasteiger partial charge in [-0.1, -0.05) is 32.0 Å². The smallest absolute Gasteiger partial charge is 0.484 e. The number of sulfonamides is 1. The number of halogens is 3. The van der Waals surface area contributed by atoms with Crippen molar-refractivity contribution in [1.29, 1.82) is 0 Å². The van der Waals surface area contributed by atoms with Gasteiger partial charge in [0.25, 0.3) is 11.8 Å². The molecule has 4 aromatic rings. The summed E-state index contributed by atoms with van der Waals surface area (Å²) in [5.74, 6) is -2.82. The van der Waals surface area contributed by atoms with Crippen LogP contribution < -0.4 is 30.6 Å². The Labute approximate surface area is 261 Å². The van der Waals surface area contributed by atoms with Crippen LogP contribution in [0.2, 0.25) is 0 Å². The third-order valence-corrected chi connectivity index (χ3v) is 8.04. The molecule has 4 rings (SSSR count). The molecule has 0 bridgehead atoms. The monoisotopic (exact) mass is 661 g/mol. The average molecular weight is 662 g/mol. The largest absolute Gasteiger partial charge is 0.573 e. The average Bonchev–Trinajstić information content (AvgIpc) is 3.37. The fourth-order valence-corrected chi connectivity index (χ4v) is 5.51. The number of hydrogen-bond acceptors (Lipinski definition) is 7. The number of nitrogens with two attached hydrogens (primary N) is 2. The Hall–Kier alpha value is -5.25. The summed E-state index contributed by atoms with van der Waals surface area (Å²) in [5.41, 5.74) is 11.4. The van der Waals surface area contributed by atoms with Crippen molar-refractivity contribution in [2.24, 2.45) is 11.5 Å². The minimum absolute atomic E-state index is 0.0654. The lowest BCUT2D eigenvalue weighted by Gasteiger charge is -2.28. The standard InChI is InChI=1S/C30H30F3N5O7S/c1-29(2,19-11-22(44-16-27(35)40)14-23(12-19)45-30(31,32)33)18-5-4-6-20(10-18)36-28(41)25-9-17-7-8-21(13-24(17)37-25)38(15-26(34)39)46(3,42)43/h4-14,37H,15-16H2,1-3H3,(H2,34,39)(H2,35,40)(H,36,41). The van der Waals surface area contributed by atoms with Crippen molar-refractivity contribution in [1.82, 2.24) is 4.98 Å². The van der Waals surface area contributed by atoms with E-state index in [0.29, 0.717) is 27.7 Å². The number of rotatable bonds is 12. The summed E-state index contributed by atoms with van der Waals surface area (Å²) in [4.78, 5) is 38.8. The van der Waals surface area contributed by atoms with Crippen LogP contribution in [-0.2, 0) is 25.0 Å². The van der Waals surface area contributed by atoms with Gasteiger partial charge in [0.2, 0.25) is 15.9 Å². The predicted octanol–water partition coefficient (Wildman–Crippen LogP) is 3.76. The van der Waals surface area contributed by atoms with Crippen LogP contribution in [0.15, 0.2) is 66.7 Å². The number of H-pyrrole nitrogens is 1. The number of primary amides is 2. The molecule has 6 N–H and O–H groups in total. The number of aromatic nitrogens is 1. The van der Waals surface area contributed by atoms with E-state index in [9.17, 15) is 36.0 Å². The molecule has 0 aliphatic carbocycles. The fourth-order valence-electron chi connectivity index (χ4n) is 4.65. The summed E-state index contributed by atoms with van der Waals surface area (Å²) in [6, 6.07) is 16.4. The van der Waals surface area contributed by atoms with Gasteiger partial charge < -0.3 is 31.2 Å². The third kappa shape index (κ3) is 8.26. The number of nitrogens with one attached hydrogen (secondary N) is 2. The number of alkyl halides is 3. The van der Waals surface area contributed by atoms with Gasteiger partial charge in [0, 0.05) is 28.1 Å². The first-order valence-electron chi connectivity index (χ1n) is 13.4. The van der Waals surface area contributed by atoms with Gasteiger partial charge >= 0.3 is 6.36 Å². The highest BCUT2D eigenvalue weighted by molar-refractivity contribution is 7.92. The molecule has 0 unspecified atom stereocenters. The number of anilines is 2. The lowest BCUT2D eigenvalue weighted by atomic mass is 9.78. The van der Waals surface area contributed by atoms with Crippen molar-refractivity contribution in [3.8, 4) is 11.5 Å². The SMILES string of the molecule is CC(C)(c1cccc(NC(=O)c2cc3ccc(N(CC(N)=O)S(C)(=O)=O)cc3[nH]2)c1)c1cc(OCC(N)=O)cc(OC(F)(F)F)c1. The number of amides is 3. The molecule has 244 valence electrons. The van der Waals surface area contributed by atoms with Crippen LogP contribution in [0.5, 0.6) is 11.5 Å². The summed E-state index contributed by atoms with van der Waals surface area (Å²) in [6.45, 7) is 2.36. The Balaban J connectivity index is 1.61. The first-order chi connectivity index (χ1) is 21.3. The second-order valence-corrected chi connectivity index (χ2v) is 12.8. The van der Waals surface area contributed by atoms with Crippen LogP contribution in [0.4, 0.5) is 24.5 Å². The highest BCUT2D eigenvalue weighted by atomic mass is 32.2. The molecule has 0 spiro atoms. The van der Waals surface area contributed by atoms with Crippen molar-refractivity contribution < 1.29 is 45.4 Å². The molecule has 0 aliphatic heterocycles. The Morgan fingerprint density at radius 2 is 1.61 bits per heavy atom. The lowest BCUT2D eigenvalue weighted by molar-refractivity contribution is -0.274. The molecule has 0 aliphatic rings. The molecule has 0 atom stereocenters. The zero-order valence-corrected chi connectivity index (χ0v) is 25.6. The number of benzene rings is 3. The molecule has 0 saturated carbocycles. The van der Waals surface area contributed by atoms with E-state index in [1.165, 1.54) is 24.3 Å². The Kier molecular flexibility index (Phi) is 9.23. The maximum Gasteiger partial charge on any atom is 0.573 e. The summed E-state index contributed by atoms with van der Waals surface area (Å²) in [5, 5.41) is 3.36. The quantitative estimate of drug-likeness (QED) is 0.178. The van der Waals surface area contributed by atoms with Crippen LogP contribution in [-0.4, -0.2) is 56.9 Å². The minimum Gasteiger partial charge on any atom is -0.484 e. The molecule has 3 aromatic carbocycles. The molecule has 12 nitrogen and oxygen atoms in total. The summed E-state index contributed by atoms with van der Waals surface area (Å²) in [6.07, 6.45) is -4.04. The van der Waals surface area contributed by atoms with Crippen LogP contribution in [0, 0.1) is 0 Å². The lowest BCUT2D eigenvalue weighted by Crippen LogP contribution is -2.37. The third-order valence-electron chi connectivity index (χ3n) is 6.90. The molecule has 46 heavy (non-hydrogen) atoms. The van der Waals surface area contributed by atoms with Gasteiger partial charge in [0.1, 0.15) is 23.7 Å². The first-order valence-corrected chi connectivity index (χ1v) is 15.3. The van der Waals surface area contributed by atoms with Crippen molar-refractivity contribution >= 4 is 50.0 Å². The number of fused-ring (bicyclic) bond motifs is 1. The van der Waals surface area contributed by atoms with Gasteiger partial charge in [0.05, 0.1) is 11.9 Å². The molecule has 1 aromatic heterocycles. The molecule has 3 amide bonds. The maximum absolute atomic E-state index is 13.2. The van der Waals surface area contributed by atoms with E-state index in [1.54, 1.807) is 50.2 Å². The molecular formula is C30H30F3N5O7S. The topological polar surface area (TPSA) is 187 Å². The number of aromatic amines is 1. The van der Waals surface area contributed by atoms with E-state index in [4.69, 9.17) is 16.2 Å². The Bertz CT molecular complexity index is 1920. The van der Waals surface area contributed by atoms with Gasteiger partial charge in [-0.2, -0.15) is 0 Å². The second kappa shape index (κ2) is 12.6. The molecular weight excluding hydrogens is 631 g/mol. The van der Waals surface area contributed by atoms with Crippen LogP contribution in [0.3, 0.4) is 0 Å². The van der Waals surface area contributed by atoms with Crippen LogP contribution in [0.1, 0.15) is 35.5 Å². The highest BCUT2D eigenvalue weighted by Gasteiger charge is 2.33. The number of carbonyl (C=O) groups is 3. The van der Waals surface area contributed by atoms with E-state index in [-0.39, 0.29) is 17.1 Å². The van der Waals surface area contributed by atoms with Gasteiger partial charge in [-0.05, 0) is 53.6 Å². The first kappa shape index (κ1) is 33.6. The summed E-state index contributed by atoms with van der Waals surface area (Å²) < 4.78 is 73.8. The molecule has 16 heteroatoms. The normalized spacial score (nSPS) is 12.0. The van der Waals surface area contributed by atoms with Crippen molar-refractivity contribution in [2.75, 3.05) is 29.0 Å². The Morgan fingerprint density at radius 3 is 2.24 bits per heavy atom. The molecule has 0 radical (unpaired) electrons. The molecule has 1 heterocycles. The van der Waals surface area contributed by atoms with Crippen molar-refractivity contribution in [2.45, 2.75) is 25.6 Å². The van der Waals surface area contributed by atoms with Gasteiger partial charge in [0.15, 0.2) is 6.61 Å². The van der Waals surface area contributed by atoms with Gasteiger partial charge in [-0.15, -0.1) is 13.2 Å². The minimum atomic E-state index is -4.98. The fraction of sp³-hybridized carbons (Fsp3) is 0.233. The van der Waals surface area contributed by atoms with E-state index >= 15 is 0 Å². The van der Waals surface area contributed by atoms with E-state index in [0.717, 1.165) is 16.6 Å². The number of carbonyl (C=O) groups excluding carboxylic acids is 3. The van der Waals surface area contributed by atoms with Gasteiger partial charge in [-0.3, -0.25) is 18.7 Å². The second-order valence-electron chi connectivity index (χ2n) is 10.8. The number of ether oxygens (including phenoxy) is 2. The van der Waals surface area contributed by atoms with E-state index in [1.807, 2.05) is 0 Å². The Morgan fingerprint density at radius 1 is 0.913 bits per heavy atom. The predicted molar refractivity (Wildman–Crippen MR) is 164 cm³/mol. The molecule has 0 fully saturated rings. The number of nitrogens with zero attached hydrogens (tertiary/aromatic N) is 1. The van der Waals surface area contributed by atoms with Crippen LogP contribution >= 0.6 is 0 Å². The zero-order chi connectivity index (χ0) is 34.0. The van der Waals surface area contributed by atoms with E-state index in [2.05, 4.69) is 15.0 Å². The van der Waals surface area contributed by atoms with E-state index < -0.39 is 58.4 Å². The van der Waals surface area contributed by atoms with Gasteiger partial charge in [-0.25, -0.2) is 8.42 Å². The van der Waals surface area contributed by atoms with Crippen molar-refractivity contribution in [3.63, 3.8) is 0 Å². The van der Waals surface area contributed by atoms with Crippen molar-refractivity contribution in [3.05, 3.63) is 83.6 Å².